The minimum Gasteiger partial charge on any atom is -0.490 e. The van der Waals surface area contributed by atoms with E-state index in [1.807, 2.05) is 30.1 Å². The quantitative estimate of drug-likeness (QED) is 0.661. The van der Waals surface area contributed by atoms with E-state index in [-0.39, 0.29) is 18.1 Å². The minimum absolute atomic E-state index is 0.0243. The molecule has 2 fully saturated rings. The molecule has 2 saturated heterocycles. The van der Waals surface area contributed by atoms with Gasteiger partial charge in [0.1, 0.15) is 17.6 Å². The molecule has 194 valence electrons. The highest BCUT2D eigenvalue weighted by Gasteiger charge is 2.34. The Bertz CT molecular complexity index is 1060. The zero-order valence-corrected chi connectivity index (χ0v) is 20.4. The predicted molar refractivity (Wildman–Crippen MR) is 131 cm³/mol. The number of alkyl halides is 3. The highest BCUT2D eigenvalue weighted by molar-refractivity contribution is 5.82. The first-order valence-corrected chi connectivity index (χ1v) is 12.6. The van der Waals surface area contributed by atoms with Crippen molar-refractivity contribution in [1.82, 2.24) is 10.2 Å². The van der Waals surface area contributed by atoms with E-state index in [0.29, 0.717) is 19.5 Å². The summed E-state index contributed by atoms with van der Waals surface area (Å²) in [5.74, 6) is 1.51. The monoisotopic (exact) mass is 503 g/mol. The summed E-state index contributed by atoms with van der Waals surface area (Å²) in [6.45, 7) is 3.28. The molecule has 0 radical (unpaired) electrons. The summed E-state index contributed by atoms with van der Waals surface area (Å²) < 4.78 is 50.7. The number of halogens is 3. The standard InChI is InChI=1S/C27H32F3N3O3/c1-32(20-8-12-31-13-9-20)26(34)25-17-18-16-23(6-7-24(18)36-25)35-22-10-14-33(15-11-22)21-4-2-19(3-5-21)27(28,29)30/h2-7,16,20,22,25,31H,8-15,17H2,1H3. The van der Waals surface area contributed by atoms with Crippen LogP contribution in [-0.4, -0.2) is 62.3 Å². The molecule has 1 atom stereocenters. The van der Waals surface area contributed by atoms with E-state index in [4.69, 9.17) is 9.47 Å². The number of benzene rings is 2. The molecule has 1 amide bonds. The van der Waals surface area contributed by atoms with Crippen LogP contribution in [0.25, 0.3) is 0 Å². The van der Waals surface area contributed by atoms with E-state index in [1.54, 1.807) is 0 Å². The van der Waals surface area contributed by atoms with Crippen molar-refractivity contribution < 1.29 is 27.4 Å². The molecule has 0 saturated carbocycles. The molecule has 5 rings (SSSR count). The first kappa shape index (κ1) is 24.7. The van der Waals surface area contributed by atoms with Gasteiger partial charge in [0.2, 0.25) is 0 Å². The van der Waals surface area contributed by atoms with Crippen LogP contribution in [0.2, 0.25) is 0 Å². The number of piperidine rings is 2. The third kappa shape index (κ3) is 5.40. The summed E-state index contributed by atoms with van der Waals surface area (Å²) >= 11 is 0. The molecule has 1 N–H and O–H groups in total. The first-order valence-electron chi connectivity index (χ1n) is 12.6. The van der Waals surface area contributed by atoms with E-state index < -0.39 is 17.8 Å². The van der Waals surface area contributed by atoms with Crippen LogP contribution >= 0.6 is 0 Å². The molecule has 0 spiro atoms. The van der Waals surface area contributed by atoms with Crippen molar-refractivity contribution in [3.05, 3.63) is 53.6 Å². The molecule has 1 unspecified atom stereocenters. The Labute approximate surface area is 209 Å². The van der Waals surface area contributed by atoms with Gasteiger partial charge in [-0.25, -0.2) is 0 Å². The lowest BCUT2D eigenvalue weighted by atomic mass is 10.0. The second-order valence-corrected chi connectivity index (χ2v) is 9.86. The van der Waals surface area contributed by atoms with Gasteiger partial charge in [-0.1, -0.05) is 0 Å². The molecule has 3 heterocycles. The van der Waals surface area contributed by atoms with Crippen LogP contribution in [0.4, 0.5) is 18.9 Å². The fourth-order valence-electron chi connectivity index (χ4n) is 5.32. The lowest BCUT2D eigenvalue weighted by Crippen LogP contribution is -2.48. The number of ether oxygens (including phenoxy) is 2. The summed E-state index contributed by atoms with van der Waals surface area (Å²) in [7, 11) is 1.87. The van der Waals surface area contributed by atoms with E-state index in [1.165, 1.54) is 12.1 Å². The van der Waals surface area contributed by atoms with Crippen molar-refractivity contribution in [2.45, 2.75) is 56.5 Å². The number of anilines is 1. The summed E-state index contributed by atoms with van der Waals surface area (Å²) in [5.41, 5.74) is 1.14. The van der Waals surface area contributed by atoms with Gasteiger partial charge >= 0.3 is 6.18 Å². The maximum Gasteiger partial charge on any atom is 0.416 e. The molecule has 2 aromatic carbocycles. The number of nitrogens with zero attached hydrogens (tertiary/aromatic N) is 2. The molecular formula is C27H32F3N3O3. The van der Waals surface area contributed by atoms with Gasteiger partial charge in [-0.3, -0.25) is 4.79 Å². The molecule has 3 aliphatic rings. The van der Waals surface area contributed by atoms with Crippen LogP contribution < -0.4 is 19.7 Å². The minimum atomic E-state index is -4.32. The highest BCUT2D eigenvalue weighted by Crippen LogP contribution is 2.35. The average Bonchev–Trinajstić information content (AvgIpc) is 3.32. The number of amides is 1. The van der Waals surface area contributed by atoms with E-state index >= 15 is 0 Å². The first-order chi connectivity index (χ1) is 17.3. The third-order valence-corrected chi connectivity index (χ3v) is 7.49. The van der Waals surface area contributed by atoms with Crippen molar-refractivity contribution >= 4 is 11.6 Å². The van der Waals surface area contributed by atoms with Gasteiger partial charge in [-0.15, -0.1) is 0 Å². The van der Waals surface area contributed by atoms with Crippen molar-refractivity contribution in [1.29, 1.82) is 0 Å². The van der Waals surface area contributed by atoms with Gasteiger partial charge in [-0.05, 0) is 68.4 Å². The number of carbonyl (C=O) groups is 1. The number of carbonyl (C=O) groups excluding carboxylic acids is 1. The van der Waals surface area contributed by atoms with Crippen LogP contribution in [0.1, 0.15) is 36.8 Å². The Kier molecular flexibility index (Phi) is 7.01. The van der Waals surface area contributed by atoms with Crippen molar-refractivity contribution in [3.63, 3.8) is 0 Å². The average molecular weight is 504 g/mol. The Morgan fingerprint density at radius 3 is 2.42 bits per heavy atom. The zero-order chi connectivity index (χ0) is 25.3. The molecule has 3 aliphatic heterocycles. The fourth-order valence-corrected chi connectivity index (χ4v) is 5.32. The topological polar surface area (TPSA) is 54.0 Å². The van der Waals surface area contributed by atoms with Gasteiger partial charge in [0.05, 0.1) is 5.56 Å². The lowest BCUT2D eigenvalue weighted by molar-refractivity contribution is -0.139. The van der Waals surface area contributed by atoms with Crippen LogP contribution in [0.5, 0.6) is 11.5 Å². The van der Waals surface area contributed by atoms with E-state index in [9.17, 15) is 18.0 Å². The van der Waals surface area contributed by atoms with E-state index in [2.05, 4.69) is 10.2 Å². The Morgan fingerprint density at radius 2 is 1.75 bits per heavy atom. The zero-order valence-electron chi connectivity index (χ0n) is 20.4. The number of likely N-dealkylation sites (N-methyl/N-ethyl adjacent to an activating group) is 1. The fraction of sp³-hybridized carbons (Fsp3) is 0.519. The molecule has 36 heavy (non-hydrogen) atoms. The molecule has 0 bridgehead atoms. The largest absolute Gasteiger partial charge is 0.490 e. The summed E-state index contributed by atoms with van der Waals surface area (Å²) in [4.78, 5) is 17.0. The number of nitrogens with one attached hydrogen (secondary N) is 1. The van der Waals surface area contributed by atoms with Gasteiger partial charge in [0.15, 0.2) is 6.10 Å². The van der Waals surface area contributed by atoms with Crippen molar-refractivity contribution in [2.24, 2.45) is 0 Å². The number of rotatable bonds is 5. The summed E-state index contributed by atoms with van der Waals surface area (Å²) in [5, 5.41) is 3.33. The van der Waals surface area contributed by atoms with Crippen LogP contribution in [-0.2, 0) is 17.4 Å². The molecular weight excluding hydrogens is 471 g/mol. The highest BCUT2D eigenvalue weighted by atomic mass is 19.4. The van der Waals surface area contributed by atoms with Crippen LogP contribution in [0.3, 0.4) is 0 Å². The maximum absolute atomic E-state index is 13.0. The maximum atomic E-state index is 13.0. The van der Waals surface area contributed by atoms with Gasteiger partial charge in [-0.2, -0.15) is 13.2 Å². The summed E-state index contributed by atoms with van der Waals surface area (Å²) in [6.07, 6.45) is -0.798. The number of fused-ring (bicyclic) bond motifs is 1. The normalized spacial score (nSPS) is 21.1. The van der Waals surface area contributed by atoms with Gasteiger partial charge in [0.25, 0.3) is 5.91 Å². The predicted octanol–water partition coefficient (Wildman–Crippen LogP) is 4.27. The second kappa shape index (κ2) is 10.2. The SMILES string of the molecule is CN(C(=O)C1Cc2cc(OC3CCN(c4ccc(C(F)(F)F)cc4)CC3)ccc2O1)C1CCNCC1. The Hall–Kier alpha value is -2.94. The Balaban J connectivity index is 1.13. The van der Waals surface area contributed by atoms with Gasteiger partial charge < -0.3 is 24.6 Å². The number of hydrogen-bond acceptors (Lipinski definition) is 5. The van der Waals surface area contributed by atoms with Crippen LogP contribution in [0.15, 0.2) is 42.5 Å². The van der Waals surface area contributed by atoms with Gasteiger partial charge in [0, 0.05) is 56.7 Å². The second-order valence-electron chi connectivity index (χ2n) is 9.86. The van der Waals surface area contributed by atoms with E-state index in [0.717, 1.165) is 73.7 Å². The Morgan fingerprint density at radius 1 is 1.06 bits per heavy atom. The molecule has 9 heteroatoms. The lowest BCUT2D eigenvalue weighted by Gasteiger charge is -2.34. The van der Waals surface area contributed by atoms with Crippen LogP contribution in [0, 0.1) is 0 Å². The van der Waals surface area contributed by atoms with Crippen molar-refractivity contribution in [3.8, 4) is 11.5 Å². The third-order valence-electron chi connectivity index (χ3n) is 7.49. The molecule has 0 aromatic heterocycles. The molecule has 2 aromatic rings. The molecule has 0 aliphatic carbocycles. The number of hydrogen-bond donors (Lipinski definition) is 1. The molecule has 6 nitrogen and oxygen atoms in total. The van der Waals surface area contributed by atoms with Crippen molar-refractivity contribution in [2.75, 3.05) is 38.1 Å². The smallest absolute Gasteiger partial charge is 0.416 e. The summed E-state index contributed by atoms with van der Waals surface area (Å²) in [6, 6.07) is 11.3.